The molecule has 4 heteroatoms. The fourth-order valence-corrected chi connectivity index (χ4v) is 3.63. The number of aromatic nitrogens is 1. The van der Waals surface area contributed by atoms with E-state index in [2.05, 4.69) is 60.0 Å². The van der Waals surface area contributed by atoms with Crippen LogP contribution in [0.25, 0.3) is 0 Å². The third kappa shape index (κ3) is 4.25. The predicted molar refractivity (Wildman–Crippen MR) is 108 cm³/mol. The molecular weight excluding hydrogens is 322 g/mol. The molecule has 0 spiro atoms. The summed E-state index contributed by atoms with van der Waals surface area (Å²) in [5.74, 6) is 1.57. The van der Waals surface area contributed by atoms with Gasteiger partial charge in [-0.15, -0.1) is 0 Å². The first-order chi connectivity index (χ1) is 12.5. The van der Waals surface area contributed by atoms with Gasteiger partial charge in [-0.05, 0) is 36.5 Å². The maximum Gasteiger partial charge on any atom is 0.133 e. The van der Waals surface area contributed by atoms with E-state index in [0.29, 0.717) is 5.92 Å². The molecule has 4 nitrogen and oxygen atoms in total. The summed E-state index contributed by atoms with van der Waals surface area (Å²) in [5.41, 5.74) is 4.97. The highest BCUT2D eigenvalue weighted by Crippen LogP contribution is 2.26. The number of benzene rings is 1. The van der Waals surface area contributed by atoms with E-state index in [1.807, 2.05) is 14.0 Å². The predicted octanol–water partition coefficient (Wildman–Crippen LogP) is 3.72. The van der Waals surface area contributed by atoms with E-state index >= 15 is 0 Å². The molecule has 1 N–H and O–H groups in total. The third-order valence-corrected chi connectivity index (χ3v) is 5.41. The maximum absolute atomic E-state index is 9.84. The van der Waals surface area contributed by atoms with Crippen LogP contribution in [0.4, 0.5) is 5.82 Å². The Hall–Kier alpha value is -1.91. The molecule has 1 unspecified atom stereocenters. The molecule has 1 aromatic carbocycles. The number of fused-ring (bicyclic) bond motifs is 1. The molecule has 0 bridgehead atoms. The zero-order chi connectivity index (χ0) is 18.7. The third-order valence-electron chi connectivity index (χ3n) is 5.41. The SMILES string of the molecule is Cc1ccc2c(n1)N(C)C(CO)CCN(Cc1ccc(C(C)C)cc1)C2. The van der Waals surface area contributed by atoms with Crippen molar-refractivity contribution in [2.75, 3.05) is 25.1 Å². The summed E-state index contributed by atoms with van der Waals surface area (Å²) in [6, 6.07) is 13.4. The first-order valence-corrected chi connectivity index (χ1v) is 9.59. The van der Waals surface area contributed by atoms with Crippen molar-refractivity contribution in [3.05, 3.63) is 58.8 Å². The molecular formula is C22H31N3O. The number of pyridine rings is 1. The number of aliphatic hydroxyl groups excluding tert-OH is 1. The molecule has 1 aromatic heterocycles. The van der Waals surface area contributed by atoms with Gasteiger partial charge in [-0.2, -0.15) is 0 Å². The van der Waals surface area contributed by atoms with Crippen LogP contribution in [0.5, 0.6) is 0 Å². The average Bonchev–Trinajstić information content (AvgIpc) is 2.62. The monoisotopic (exact) mass is 353 g/mol. The maximum atomic E-state index is 9.84. The molecule has 0 fully saturated rings. The number of rotatable bonds is 4. The van der Waals surface area contributed by atoms with Gasteiger partial charge in [0.05, 0.1) is 12.6 Å². The number of aryl methyl sites for hydroxylation is 1. The minimum absolute atomic E-state index is 0.106. The molecule has 1 atom stereocenters. The Morgan fingerprint density at radius 2 is 1.88 bits per heavy atom. The zero-order valence-electron chi connectivity index (χ0n) is 16.4. The van der Waals surface area contributed by atoms with Gasteiger partial charge >= 0.3 is 0 Å². The lowest BCUT2D eigenvalue weighted by Crippen LogP contribution is -2.41. The van der Waals surface area contributed by atoms with E-state index in [1.165, 1.54) is 16.7 Å². The average molecular weight is 354 g/mol. The van der Waals surface area contributed by atoms with Gasteiger partial charge in [0, 0.05) is 37.9 Å². The van der Waals surface area contributed by atoms with Crippen molar-refractivity contribution in [1.82, 2.24) is 9.88 Å². The van der Waals surface area contributed by atoms with Crippen LogP contribution in [-0.4, -0.2) is 41.2 Å². The van der Waals surface area contributed by atoms with Gasteiger partial charge < -0.3 is 10.0 Å². The highest BCUT2D eigenvalue weighted by molar-refractivity contribution is 5.48. The van der Waals surface area contributed by atoms with Gasteiger partial charge in [-0.3, -0.25) is 4.90 Å². The van der Waals surface area contributed by atoms with Crippen molar-refractivity contribution in [2.24, 2.45) is 0 Å². The van der Waals surface area contributed by atoms with Gasteiger partial charge in [0.1, 0.15) is 5.82 Å². The van der Waals surface area contributed by atoms with E-state index in [-0.39, 0.29) is 12.6 Å². The second-order valence-electron chi connectivity index (χ2n) is 7.78. The largest absolute Gasteiger partial charge is 0.394 e. The number of aliphatic hydroxyl groups is 1. The van der Waals surface area contributed by atoms with E-state index in [1.54, 1.807) is 0 Å². The van der Waals surface area contributed by atoms with E-state index in [4.69, 9.17) is 4.98 Å². The fraction of sp³-hybridized carbons (Fsp3) is 0.500. The van der Waals surface area contributed by atoms with Crippen molar-refractivity contribution in [3.63, 3.8) is 0 Å². The highest BCUT2D eigenvalue weighted by Gasteiger charge is 2.24. The molecule has 0 saturated carbocycles. The smallest absolute Gasteiger partial charge is 0.133 e. The molecule has 1 aliphatic rings. The molecule has 1 aliphatic heterocycles. The summed E-state index contributed by atoms with van der Waals surface area (Å²) < 4.78 is 0. The lowest BCUT2D eigenvalue weighted by molar-refractivity contribution is 0.205. The Labute approximate surface area is 157 Å². The molecule has 140 valence electrons. The summed E-state index contributed by atoms with van der Waals surface area (Å²) in [4.78, 5) is 9.37. The Morgan fingerprint density at radius 1 is 1.15 bits per heavy atom. The number of hydrogen-bond acceptors (Lipinski definition) is 4. The van der Waals surface area contributed by atoms with Crippen molar-refractivity contribution >= 4 is 5.82 Å². The van der Waals surface area contributed by atoms with Crippen LogP contribution in [-0.2, 0) is 13.1 Å². The molecule has 26 heavy (non-hydrogen) atoms. The topological polar surface area (TPSA) is 39.6 Å². The van der Waals surface area contributed by atoms with E-state index in [9.17, 15) is 5.11 Å². The summed E-state index contributed by atoms with van der Waals surface area (Å²) in [6.07, 6.45) is 0.937. The van der Waals surface area contributed by atoms with E-state index < -0.39 is 0 Å². The number of hydrogen-bond donors (Lipinski definition) is 1. The second-order valence-corrected chi connectivity index (χ2v) is 7.78. The Kier molecular flexibility index (Phi) is 5.94. The first kappa shape index (κ1) is 18.9. The Balaban J connectivity index is 1.82. The van der Waals surface area contributed by atoms with Crippen LogP contribution < -0.4 is 4.90 Å². The Bertz CT molecular complexity index is 727. The van der Waals surface area contributed by atoms with Gasteiger partial charge in [0.15, 0.2) is 0 Å². The molecule has 0 aliphatic carbocycles. The van der Waals surface area contributed by atoms with Gasteiger partial charge in [0.2, 0.25) is 0 Å². The lowest BCUT2D eigenvalue weighted by atomic mass is 10.0. The minimum Gasteiger partial charge on any atom is -0.394 e. The first-order valence-electron chi connectivity index (χ1n) is 9.59. The summed E-state index contributed by atoms with van der Waals surface area (Å²) in [5, 5.41) is 9.84. The molecule has 2 heterocycles. The lowest BCUT2D eigenvalue weighted by Gasteiger charge is -2.35. The molecule has 0 saturated heterocycles. The van der Waals surface area contributed by atoms with Crippen LogP contribution in [0.1, 0.15) is 48.6 Å². The quantitative estimate of drug-likeness (QED) is 0.909. The van der Waals surface area contributed by atoms with Crippen LogP contribution in [0, 0.1) is 6.92 Å². The van der Waals surface area contributed by atoms with Crippen LogP contribution in [0.2, 0.25) is 0 Å². The number of nitrogens with zero attached hydrogens (tertiary/aromatic N) is 3. The van der Waals surface area contributed by atoms with Gasteiger partial charge in [0.25, 0.3) is 0 Å². The summed E-state index contributed by atoms with van der Waals surface area (Å²) >= 11 is 0. The summed E-state index contributed by atoms with van der Waals surface area (Å²) in [7, 11) is 2.05. The van der Waals surface area contributed by atoms with Crippen LogP contribution >= 0.6 is 0 Å². The Morgan fingerprint density at radius 3 is 2.54 bits per heavy atom. The van der Waals surface area contributed by atoms with Crippen molar-refractivity contribution in [1.29, 1.82) is 0 Å². The standard InChI is InChI=1S/C22H31N3O/c1-16(2)19-9-6-18(7-10-19)13-25-12-11-21(15-26)24(4)22-20(14-25)8-5-17(3)23-22/h5-10,16,21,26H,11-15H2,1-4H3. The second kappa shape index (κ2) is 8.19. The van der Waals surface area contributed by atoms with Gasteiger partial charge in [-0.1, -0.05) is 44.2 Å². The minimum atomic E-state index is 0.106. The van der Waals surface area contributed by atoms with Crippen molar-refractivity contribution in [3.8, 4) is 0 Å². The van der Waals surface area contributed by atoms with E-state index in [0.717, 1.165) is 37.6 Å². The van der Waals surface area contributed by atoms with Gasteiger partial charge in [-0.25, -0.2) is 4.98 Å². The molecule has 2 aromatic rings. The molecule has 3 rings (SSSR count). The van der Waals surface area contributed by atoms with Crippen LogP contribution in [0.3, 0.4) is 0 Å². The van der Waals surface area contributed by atoms with Crippen LogP contribution in [0.15, 0.2) is 36.4 Å². The van der Waals surface area contributed by atoms with Crippen molar-refractivity contribution < 1.29 is 5.11 Å². The van der Waals surface area contributed by atoms with Crippen molar-refractivity contribution in [2.45, 2.75) is 52.2 Å². The fourth-order valence-electron chi connectivity index (χ4n) is 3.63. The summed E-state index contributed by atoms with van der Waals surface area (Å²) in [6.45, 7) is 9.41. The zero-order valence-corrected chi connectivity index (χ0v) is 16.4. The molecule has 0 radical (unpaired) electrons. The number of likely N-dealkylation sites (N-methyl/N-ethyl adjacent to an activating group) is 1. The molecule has 0 amide bonds. The number of anilines is 1. The highest BCUT2D eigenvalue weighted by atomic mass is 16.3. The normalized spacial score (nSPS) is 18.5.